The van der Waals surface area contributed by atoms with Gasteiger partial charge < -0.3 is 4.74 Å². The fraction of sp³-hybridized carbons (Fsp3) is 0.353. The molecule has 0 bridgehead atoms. The molecule has 0 N–H and O–H groups in total. The van der Waals surface area contributed by atoms with E-state index in [1.807, 2.05) is 19.9 Å². The van der Waals surface area contributed by atoms with Crippen molar-refractivity contribution in [2.24, 2.45) is 5.92 Å². The number of thiophene rings is 2. The van der Waals surface area contributed by atoms with Crippen molar-refractivity contribution >= 4 is 28.6 Å². The van der Waals surface area contributed by atoms with E-state index in [-0.39, 0.29) is 11.9 Å². The molecule has 0 saturated heterocycles. The minimum Gasteiger partial charge on any atom is -0.464 e. The Labute approximate surface area is 133 Å². The van der Waals surface area contributed by atoms with Gasteiger partial charge in [-0.25, -0.2) is 0 Å². The summed E-state index contributed by atoms with van der Waals surface area (Å²) in [4.78, 5) is 15.0. The number of carbonyl (C=O) groups excluding carboxylic acids is 1. The second-order valence-electron chi connectivity index (χ2n) is 4.67. The molecular formula is C17H18O2S2. The first-order valence-electron chi connectivity index (χ1n) is 7.00. The fourth-order valence-corrected chi connectivity index (χ4v) is 3.33. The minimum atomic E-state index is -0.129. The van der Waals surface area contributed by atoms with Crippen LogP contribution < -0.4 is 0 Å². The van der Waals surface area contributed by atoms with Crippen molar-refractivity contribution in [3.63, 3.8) is 0 Å². The third-order valence-corrected chi connectivity index (χ3v) is 5.13. The van der Waals surface area contributed by atoms with E-state index in [4.69, 9.17) is 4.74 Å². The van der Waals surface area contributed by atoms with Crippen molar-refractivity contribution < 1.29 is 9.53 Å². The van der Waals surface area contributed by atoms with Gasteiger partial charge >= 0.3 is 5.97 Å². The van der Waals surface area contributed by atoms with Crippen LogP contribution >= 0.6 is 22.7 Å². The number of ether oxygens (including phenoxy) is 1. The number of carbonyl (C=O) groups is 1. The molecule has 4 heteroatoms. The average molecular weight is 318 g/mol. The number of esters is 1. The third kappa shape index (κ3) is 4.73. The summed E-state index contributed by atoms with van der Waals surface area (Å²) < 4.78 is 5.16. The van der Waals surface area contributed by atoms with Crippen LogP contribution in [0.3, 0.4) is 0 Å². The molecule has 0 aliphatic heterocycles. The molecule has 21 heavy (non-hydrogen) atoms. The molecule has 1 unspecified atom stereocenters. The Morgan fingerprint density at radius 2 is 2.19 bits per heavy atom. The average Bonchev–Trinajstić information content (AvgIpc) is 3.16. The summed E-state index contributed by atoms with van der Waals surface area (Å²) in [5, 5.41) is 2.08. The molecule has 2 heterocycles. The lowest BCUT2D eigenvalue weighted by molar-refractivity contribution is -0.147. The van der Waals surface area contributed by atoms with Crippen LogP contribution in [-0.4, -0.2) is 12.6 Å². The SMILES string of the molecule is CCC(C)C(=O)OCCC#Cc1ccc(-c2cccs2)s1. The van der Waals surface area contributed by atoms with Gasteiger partial charge in [0.25, 0.3) is 0 Å². The van der Waals surface area contributed by atoms with Crippen LogP contribution in [0, 0.1) is 17.8 Å². The summed E-state index contributed by atoms with van der Waals surface area (Å²) in [7, 11) is 0. The summed E-state index contributed by atoms with van der Waals surface area (Å²) in [6, 6.07) is 8.31. The van der Waals surface area contributed by atoms with Gasteiger partial charge in [-0.2, -0.15) is 0 Å². The molecule has 0 radical (unpaired) electrons. The second-order valence-corrected chi connectivity index (χ2v) is 6.70. The Morgan fingerprint density at radius 3 is 2.90 bits per heavy atom. The van der Waals surface area contributed by atoms with Gasteiger partial charge in [0, 0.05) is 16.2 Å². The predicted molar refractivity (Wildman–Crippen MR) is 89.5 cm³/mol. The molecule has 110 valence electrons. The first kappa shape index (κ1) is 15.8. The van der Waals surface area contributed by atoms with Crippen LogP contribution in [0.2, 0.25) is 0 Å². The number of hydrogen-bond donors (Lipinski definition) is 0. The van der Waals surface area contributed by atoms with E-state index in [1.165, 1.54) is 9.75 Å². The molecule has 0 aliphatic carbocycles. The van der Waals surface area contributed by atoms with Crippen molar-refractivity contribution in [2.75, 3.05) is 6.61 Å². The number of rotatable bonds is 5. The first-order chi connectivity index (χ1) is 10.2. The largest absolute Gasteiger partial charge is 0.464 e. The Bertz CT molecular complexity index is 629. The Morgan fingerprint density at radius 1 is 1.33 bits per heavy atom. The van der Waals surface area contributed by atoms with E-state index in [0.29, 0.717) is 13.0 Å². The topological polar surface area (TPSA) is 26.3 Å². The summed E-state index contributed by atoms with van der Waals surface area (Å²) in [6.45, 7) is 4.23. The molecule has 0 fully saturated rings. The maximum absolute atomic E-state index is 11.5. The fourth-order valence-electron chi connectivity index (χ4n) is 1.62. The summed E-state index contributed by atoms with van der Waals surface area (Å²) in [6.07, 6.45) is 1.39. The van der Waals surface area contributed by atoms with Gasteiger partial charge in [0.2, 0.25) is 0 Å². The zero-order valence-corrected chi connectivity index (χ0v) is 13.9. The number of hydrogen-bond acceptors (Lipinski definition) is 4. The van der Waals surface area contributed by atoms with E-state index in [0.717, 1.165) is 11.3 Å². The highest BCUT2D eigenvalue weighted by atomic mass is 32.1. The molecule has 0 saturated carbocycles. The van der Waals surface area contributed by atoms with Crippen LogP contribution in [0.15, 0.2) is 29.6 Å². The third-order valence-electron chi connectivity index (χ3n) is 3.07. The van der Waals surface area contributed by atoms with E-state index in [1.54, 1.807) is 22.7 Å². The first-order valence-corrected chi connectivity index (χ1v) is 8.69. The van der Waals surface area contributed by atoms with Gasteiger partial charge in [0.1, 0.15) is 6.61 Å². The lowest BCUT2D eigenvalue weighted by Gasteiger charge is -2.06. The van der Waals surface area contributed by atoms with Crippen LogP contribution in [0.25, 0.3) is 9.75 Å². The van der Waals surface area contributed by atoms with E-state index < -0.39 is 0 Å². The zero-order valence-electron chi connectivity index (χ0n) is 12.2. The molecular weight excluding hydrogens is 300 g/mol. The minimum absolute atomic E-state index is 0.0244. The molecule has 2 aromatic heterocycles. The van der Waals surface area contributed by atoms with Crippen molar-refractivity contribution in [3.05, 3.63) is 34.5 Å². The Balaban J connectivity index is 1.80. The van der Waals surface area contributed by atoms with E-state index in [9.17, 15) is 4.79 Å². The normalized spacial score (nSPS) is 11.5. The Hall–Kier alpha value is -1.57. The predicted octanol–water partition coefficient (Wildman–Crippen LogP) is 4.81. The van der Waals surface area contributed by atoms with Crippen molar-refractivity contribution in [3.8, 4) is 21.6 Å². The maximum atomic E-state index is 11.5. The summed E-state index contributed by atoms with van der Waals surface area (Å²) in [5.74, 6) is 6.03. The molecule has 0 amide bonds. The van der Waals surface area contributed by atoms with Gasteiger partial charge in [0.15, 0.2) is 0 Å². The van der Waals surface area contributed by atoms with Crippen LogP contribution in [-0.2, 0) is 9.53 Å². The van der Waals surface area contributed by atoms with E-state index >= 15 is 0 Å². The van der Waals surface area contributed by atoms with Gasteiger partial charge in [-0.3, -0.25) is 4.79 Å². The highest BCUT2D eigenvalue weighted by molar-refractivity contribution is 7.21. The van der Waals surface area contributed by atoms with Gasteiger partial charge in [-0.15, -0.1) is 22.7 Å². The molecule has 2 rings (SSSR count). The lowest BCUT2D eigenvalue weighted by atomic mass is 10.1. The summed E-state index contributed by atoms with van der Waals surface area (Å²) >= 11 is 3.43. The molecule has 2 aromatic rings. The second kappa shape index (κ2) is 8.02. The van der Waals surface area contributed by atoms with Crippen molar-refractivity contribution in [1.29, 1.82) is 0 Å². The molecule has 1 atom stereocenters. The van der Waals surface area contributed by atoms with Gasteiger partial charge in [0.05, 0.1) is 10.8 Å². The highest BCUT2D eigenvalue weighted by Crippen LogP contribution is 2.30. The Kier molecular flexibility index (Phi) is 6.04. The van der Waals surface area contributed by atoms with Crippen LogP contribution in [0.5, 0.6) is 0 Å². The molecule has 0 spiro atoms. The van der Waals surface area contributed by atoms with Crippen molar-refractivity contribution in [2.45, 2.75) is 26.7 Å². The molecule has 0 aliphatic rings. The van der Waals surface area contributed by atoms with Gasteiger partial charge in [-0.05, 0) is 30.0 Å². The molecule has 0 aromatic carbocycles. The molecule has 2 nitrogen and oxygen atoms in total. The van der Waals surface area contributed by atoms with Crippen LogP contribution in [0.4, 0.5) is 0 Å². The standard InChI is InChI=1S/C17H18O2S2/c1-3-13(2)17(18)19-11-5-4-7-14-9-10-16(21-14)15-8-6-12-20-15/h6,8-10,12-13H,3,5,11H2,1-2H3. The van der Waals surface area contributed by atoms with Crippen LogP contribution in [0.1, 0.15) is 31.6 Å². The van der Waals surface area contributed by atoms with Crippen molar-refractivity contribution in [1.82, 2.24) is 0 Å². The zero-order chi connectivity index (χ0) is 15.1. The maximum Gasteiger partial charge on any atom is 0.308 e. The van der Waals surface area contributed by atoms with Gasteiger partial charge in [-0.1, -0.05) is 31.8 Å². The highest BCUT2D eigenvalue weighted by Gasteiger charge is 2.10. The quantitative estimate of drug-likeness (QED) is 0.449. The lowest BCUT2D eigenvalue weighted by Crippen LogP contribution is -2.14. The monoisotopic (exact) mass is 318 g/mol. The smallest absolute Gasteiger partial charge is 0.308 e. The van der Waals surface area contributed by atoms with E-state index in [2.05, 4.69) is 35.4 Å². The summed E-state index contributed by atoms with van der Waals surface area (Å²) in [5.41, 5.74) is 0.